The molecule has 3 heteroatoms. The van der Waals surface area contributed by atoms with Crippen LogP contribution in [0.15, 0.2) is 42.5 Å². The van der Waals surface area contributed by atoms with E-state index in [1.807, 2.05) is 30.3 Å². The van der Waals surface area contributed by atoms with Gasteiger partial charge in [0.15, 0.2) is 0 Å². The molecule has 0 fully saturated rings. The van der Waals surface area contributed by atoms with Crippen LogP contribution in [0.4, 0.5) is 17.1 Å². The Morgan fingerprint density at radius 2 is 1.82 bits per heavy atom. The number of anilines is 3. The van der Waals surface area contributed by atoms with Crippen LogP contribution in [0.5, 0.6) is 5.75 Å². The fourth-order valence-electron chi connectivity index (χ4n) is 1.68. The Balaban J connectivity index is 2.24. The average molecular weight is 228 g/mol. The maximum atomic E-state index is 5.76. The number of hydrogen-bond donors (Lipinski definition) is 2. The fourth-order valence-corrected chi connectivity index (χ4v) is 1.68. The van der Waals surface area contributed by atoms with Gasteiger partial charge in [-0.25, -0.2) is 0 Å². The maximum Gasteiger partial charge on any atom is 0.143 e. The molecule has 0 aliphatic heterocycles. The van der Waals surface area contributed by atoms with Gasteiger partial charge in [0, 0.05) is 17.4 Å². The summed E-state index contributed by atoms with van der Waals surface area (Å²) in [6.07, 6.45) is 0. The summed E-state index contributed by atoms with van der Waals surface area (Å²) in [5.41, 5.74) is 9.64. The summed E-state index contributed by atoms with van der Waals surface area (Å²) in [5, 5.41) is 3.31. The Morgan fingerprint density at radius 1 is 1.06 bits per heavy atom. The number of aryl methyl sites for hydroxylation is 1. The number of nitrogen functional groups attached to an aromatic ring is 1. The van der Waals surface area contributed by atoms with Crippen LogP contribution in [0.2, 0.25) is 0 Å². The van der Waals surface area contributed by atoms with Crippen molar-refractivity contribution in [3.05, 3.63) is 48.0 Å². The van der Waals surface area contributed by atoms with Crippen molar-refractivity contribution in [2.45, 2.75) is 6.92 Å². The lowest BCUT2D eigenvalue weighted by Gasteiger charge is -2.10. The smallest absolute Gasteiger partial charge is 0.143 e. The molecule has 3 N–H and O–H groups in total. The third-order valence-corrected chi connectivity index (χ3v) is 2.54. The molecule has 17 heavy (non-hydrogen) atoms. The van der Waals surface area contributed by atoms with Gasteiger partial charge in [0.05, 0.1) is 12.8 Å². The van der Waals surface area contributed by atoms with E-state index in [4.69, 9.17) is 10.5 Å². The number of methoxy groups -OCH3 is 1. The van der Waals surface area contributed by atoms with Crippen LogP contribution in [0, 0.1) is 6.92 Å². The fraction of sp³-hybridized carbons (Fsp3) is 0.143. The topological polar surface area (TPSA) is 47.3 Å². The first-order valence-corrected chi connectivity index (χ1v) is 5.46. The number of nitrogens with one attached hydrogen (secondary N) is 1. The van der Waals surface area contributed by atoms with Crippen molar-refractivity contribution in [1.29, 1.82) is 0 Å². The first-order chi connectivity index (χ1) is 8.19. The van der Waals surface area contributed by atoms with E-state index in [-0.39, 0.29) is 0 Å². The normalized spacial score (nSPS) is 10.0. The van der Waals surface area contributed by atoms with Crippen molar-refractivity contribution < 1.29 is 4.74 Å². The number of hydrogen-bond acceptors (Lipinski definition) is 3. The molecule has 0 unspecified atom stereocenters. The largest absolute Gasteiger partial charge is 0.495 e. The molecule has 0 aliphatic carbocycles. The Kier molecular flexibility index (Phi) is 3.19. The lowest BCUT2D eigenvalue weighted by molar-refractivity contribution is 0.417. The van der Waals surface area contributed by atoms with Crippen molar-refractivity contribution >= 4 is 17.1 Å². The van der Waals surface area contributed by atoms with E-state index < -0.39 is 0 Å². The molecule has 0 amide bonds. The first-order valence-electron chi connectivity index (χ1n) is 5.46. The SMILES string of the molecule is COc1cc(Nc2cccc(C)c2)ccc1N. The van der Waals surface area contributed by atoms with E-state index in [0.717, 1.165) is 11.4 Å². The van der Waals surface area contributed by atoms with Crippen LogP contribution in [-0.4, -0.2) is 7.11 Å². The maximum absolute atomic E-state index is 5.76. The predicted molar refractivity (Wildman–Crippen MR) is 71.9 cm³/mol. The molecule has 0 radical (unpaired) electrons. The molecule has 0 bridgehead atoms. The van der Waals surface area contributed by atoms with Crippen molar-refractivity contribution in [3.63, 3.8) is 0 Å². The zero-order valence-corrected chi connectivity index (χ0v) is 10.0. The minimum absolute atomic E-state index is 0.641. The van der Waals surface area contributed by atoms with Crippen LogP contribution < -0.4 is 15.8 Å². The summed E-state index contributed by atoms with van der Waals surface area (Å²) in [7, 11) is 1.61. The van der Waals surface area contributed by atoms with Crippen LogP contribution in [-0.2, 0) is 0 Å². The number of ether oxygens (including phenoxy) is 1. The van der Waals surface area contributed by atoms with Crippen molar-refractivity contribution in [2.24, 2.45) is 0 Å². The zero-order chi connectivity index (χ0) is 12.3. The standard InChI is InChI=1S/C14H16N2O/c1-10-4-3-5-11(8-10)16-12-6-7-13(15)14(9-12)17-2/h3-9,16H,15H2,1-2H3. The Bertz CT molecular complexity index is 523. The van der Waals surface area contributed by atoms with Gasteiger partial charge in [-0.05, 0) is 36.8 Å². The lowest BCUT2D eigenvalue weighted by atomic mass is 10.2. The van der Waals surface area contributed by atoms with Crippen LogP contribution in [0.3, 0.4) is 0 Å². The molecule has 0 saturated carbocycles. The van der Waals surface area contributed by atoms with Crippen molar-refractivity contribution in [2.75, 3.05) is 18.2 Å². The summed E-state index contributed by atoms with van der Waals surface area (Å²) < 4.78 is 5.18. The quantitative estimate of drug-likeness (QED) is 0.792. The molecular weight excluding hydrogens is 212 g/mol. The first kappa shape index (κ1) is 11.3. The molecule has 0 atom stereocenters. The third kappa shape index (κ3) is 2.69. The van der Waals surface area contributed by atoms with Crippen molar-refractivity contribution in [1.82, 2.24) is 0 Å². The highest BCUT2D eigenvalue weighted by Crippen LogP contribution is 2.27. The predicted octanol–water partition coefficient (Wildman–Crippen LogP) is 3.33. The van der Waals surface area contributed by atoms with Gasteiger partial charge in [-0.1, -0.05) is 12.1 Å². The van der Waals surface area contributed by atoms with Gasteiger partial charge in [-0.2, -0.15) is 0 Å². The van der Waals surface area contributed by atoms with E-state index in [9.17, 15) is 0 Å². The molecule has 2 aromatic carbocycles. The monoisotopic (exact) mass is 228 g/mol. The minimum Gasteiger partial charge on any atom is -0.495 e. The summed E-state index contributed by atoms with van der Waals surface area (Å²) >= 11 is 0. The highest BCUT2D eigenvalue weighted by atomic mass is 16.5. The zero-order valence-electron chi connectivity index (χ0n) is 10.0. The highest BCUT2D eigenvalue weighted by molar-refractivity contribution is 5.67. The number of benzene rings is 2. The molecular formula is C14H16N2O. The van der Waals surface area contributed by atoms with Gasteiger partial charge in [-0.15, -0.1) is 0 Å². The van der Waals surface area contributed by atoms with Crippen LogP contribution in [0.1, 0.15) is 5.56 Å². The molecule has 0 heterocycles. The van der Waals surface area contributed by atoms with Gasteiger partial charge in [0.1, 0.15) is 5.75 Å². The molecule has 2 aromatic rings. The minimum atomic E-state index is 0.641. The second-order valence-corrected chi connectivity index (χ2v) is 3.95. The van der Waals surface area contributed by atoms with Crippen LogP contribution >= 0.6 is 0 Å². The lowest BCUT2D eigenvalue weighted by Crippen LogP contribution is -1.95. The van der Waals surface area contributed by atoms with E-state index in [1.54, 1.807) is 7.11 Å². The van der Waals surface area contributed by atoms with Gasteiger partial charge in [0.2, 0.25) is 0 Å². The molecule has 0 saturated heterocycles. The van der Waals surface area contributed by atoms with Gasteiger partial charge in [0.25, 0.3) is 0 Å². The molecule has 88 valence electrons. The number of rotatable bonds is 3. The van der Waals surface area contributed by atoms with Gasteiger partial charge in [-0.3, -0.25) is 0 Å². The van der Waals surface area contributed by atoms with E-state index in [2.05, 4.69) is 24.4 Å². The Morgan fingerprint density at radius 3 is 2.53 bits per heavy atom. The van der Waals surface area contributed by atoms with Gasteiger partial charge >= 0.3 is 0 Å². The van der Waals surface area contributed by atoms with E-state index in [1.165, 1.54) is 5.56 Å². The van der Waals surface area contributed by atoms with Gasteiger partial charge < -0.3 is 15.8 Å². The van der Waals surface area contributed by atoms with Crippen molar-refractivity contribution in [3.8, 4) is 5.75 Å². The summed E-state index contributed by atoms with van der Waals surface area (Å²) in [6, 6.07) is 13.8. The molecule has 0 aromatic heterocycles. The molecule has 0 aliphatic rings. The summed E-state index contributed by atoms with van der Waals surface area (Å²) in [5.74, 6) is 0.683. The molecule has 2 rings (SSSR count). The second-order valence-electron chi connectivity index (χ2n) is 3.95. The molecule has 3 nitrogen and oxygen atoms in total. The van der Waals surface area contributed by atoms with E-state index in [0.29, 0.717) is 11.4 Å². The Hall–Kier alpha value is -2.16. The number of nitrogens with two attached hydrogens (primary N) is 1. The van der Waals surface area contributed by atoms with Crippen LogP contribution in [0.25, 0.3) is 0 Å². The average Bonchev–Trinajstić information content (AvgIpc) is 2.32. The second kappa shape index (κ2) is 4.78. The highest BCUT2D eigenvalue weighted by Gasteiger charge is 2.01. The Labute approximate surface area is 101 Å². The summed E-state index contributed by atoms with van der Waals surface area (Å²) in [6.45, 7) is 2.06. The molecule has 0 spiro atoms. The van der Waals surface area contributed by atoms with E-state index >= 15 is 0 Å². The summed E-state index contributed by atoms with van der Waals surface area (Å²) in [4.78, 5) is 0. The third-order valence-electron chi connectivity index (χ3n) is 2.54.